The van der Waals surface area contributed by atoms with Crippen LogP contribution in [0.4, 0.5) is 0 Å². The van der Waals surface area contributed by atoms with E-state index in [4.69, 9.17) is 5.73 Å². The SMILES string of the molecule is NC1CC2CCC(C1)N2CCC(=O)NC1CCCCC1. The minimum Gasteiger partial charge on any atom is -0.353 e. The van der Waals surface area contributed by atoms with E-state index >= 15 is 0 Å². The van der Waals surface area contributed by atoms with Crippen molar-refractivity contribution in [2.24, 2.45) is 5.73 Å². The Morgan fingerprint density at radius 2 is 1.70 bits per heavy atom. The largest absolute Gasteiger partial charge is 0.353 e. The number of carbonyl (C=O) groups excluding carboxylic acids is 1. The number of hydrogen-bond acceptors (Lipinski definition) is 3. The number of hydrogen-bond donors (Lipinski definition) is 2. The molecule has 4 heteroatoms. The van der Waals surface area contributed by atoms with E-state index in [1.54, 1.807) is 0 Å². The zero-order valence-corrected chi connectivity index (χ0v) is 12.5. The van der Waals surface area contributed by atoms with Gasteiger partial charge in [0.2, 0.25) is 5.91 Å². The highest BCUT2D eigenvalue weighted by atomic mass is 16.1. The molecule has 1 amide bonds. The van der Waals surface area contributed by atoms with Gasteiger partial charge in [0.15, 0.2) is 0 Å². The molecule has 4 nitrogen and oxygen atoms in total. The molecule has 2 heterocycles. The monoisotopic (exact) mass is 279 g/mol. The lowest BCUT2D eigenvalue weighted by atomic mass is 9.95. The van der Waals surface area contributed by atoms with E-state index in [0.717, 1.165) is 19.4 Å². The number of nitrogens with one attached hydrogen (secondary N) is 1. The molecule has 3 rings (SSSR count). The van der Waals surface area contributed by atoms with Crippen molar-refractivity contribution in [2.75, 3.05) is 6.54 Å². The fourth-order valence-corrected chi connectivity index (χ4v) is 4.46. The molecule has 2 bridgehead atoms. The van der Waals surface area contributed by atoms with Crippen molar-refractivity contribution in [3.63, 3.8) is 0 Å². The van der Waals surface area contributed by atoms with Crippen LogP contribution < -0.4 is 11.1 Å². The van der Waals surface area contributed by atoms with Crippen molar-refractivity contribution in [1.29, 1.82) is 0 Å². The Morgan fingerprint density at radius 3 is 2.35 bits per heavy atom. The summed E-state index contributed by atoms with van der Waals surface area (Å²) in [5.74, 6) is 0.256. The summed E-state index contributed by atoms with van der Waals surface area (Å²) in [5, 5.41) is 3.23. The second-order valence-electron chi connectivity index (χ2n) is 7.01. The molecule has 0 radical (unpaired) electrons. The van der Waals surface area contributed by atoms with Crippen LogP contribution in [0.1, 0.15) is 64.2 Å². The van der Waals surface area contributed by atoms with E-state index in [1.165, 1.54) is 44.9 Å². The lowest BCUT2D eigenvalue weighted by Gasteiger charge is -2.37. The Labute approximate surface area is 122 Å². The molecule has 1 aliphatic carbocycles. The van der Waals surface area contributed by atoms with Gasteiger partial charge in [-0.2, -0.15) is 0 Å². The normalized spacial score (nSPS) is 35.1. The fraction of sp³-hybridized carbons (Fsp3) is 0.938. The number of piperidine rings is 1. The standard InChI is InChI=1S/C16H29N3O/c17-12-10-14-6-7-15(11-12)19(14)9-8-16(20)18-13-4-2-1-3-5-13/h12-15H,1-11,17H2,(H,18,20). The van der Waals surface area contributed by atoms with Crippen molar-refractivity contribution in [3.05, 3.63) is 0 Å². The maximum absolute atomic E-state index is 12.1. The fourth-order valence-electron chi connectivity index (χ4n) is 4.46. The van der Waals surface area contributed by atoms with Gasteiger partial charge in [-0.05, 0) is 38.5 Å². The topological polar surface area (TPSA) is 58.4 Å². The van der Waals surface area contributed by atoms with Crippen LogP contribution in [0, 0.1) is 0 Å². The predicted octanol–water partition coefficient (Wildman–Crippen LogP) is 1.78. The van der Waals surface area contributed by atoms with Crippen LogP contribution in [0.2, 0.25) is 0 Å². The van der Waals surface area contributed by atoms with E-state index < -0.39 is 0 Å². The van der Waals surface area contributed by atoms with Crippen molar-refractivity contribution in [1.82, 2.24) is 10.2 Å². The highest BCUT2D eigenvalue weighted by Gasteiger charge is 2.39. The summed E-state index contributed by atoms with van der Waals surface area (Å²) < 4.78 is 0. The molecular weight excluding hydrogens is 250 g/mol. The van der Waals surface area contributed by atoms with Crippen LogP contribution in [-0.4, -0.2) is 41.5 Å². The molecule has 2 atom stereocenters. The Bertz CT molecular complexity index is 327. The zero-order valence-electron chi connectivity index (χ0n) is 12.5. The molecule has 2 unspecified atom stereocenters. The van der Waals surface area contributed by atoms with E-state index in [1.807, 2.05) is 0 Å². The van der Waals surface area contributed by atoms with Crippen LogP contribution >= 0.6 is 0 Å². The van der Waals surface area contributed by atoms with Crippen molar-refractivity contribution in [2.45, 2.75) is 88.4 Å². The maximum Gasteiger partial charge on any atom is 0.221 e. The third-order valence-corrected chi connectivity index (χ3v) is 5.49. The summed E-state index contributed by atoms with van der Waals surface area (Å²) in [4.78, 5) is 14.6. The summed E-state index contributed by atoms with van der Waals surface area (Å²) in [5.41, 5.74) is 6.09. The van der Waals surface area contributed by atoms with Gasteiger partial charge in [-0.1, -0.05) is 19.3 Å². The Kier molecular flexibility index (Phi) is 4.61. The van der Waals surface area contributed by atoms with Crippen LogP contribution in [0.3, 0.4) is 0 Å². The van der Waals surface area contributed by atoms with Gasteiger partial charge in [0.05, 0.1) is 0 Å². The number of amides is 1. The minimum atomic E-state index is 0.256. The number of nitrogens with zero attached hydrogens (tertiary/aromatic N) is 1. The lowest BCUT2D eigenvalue weighted by molar-refractivity contribution is -0.122. The average Bonchev–Trinajstić information content (AvgIpc) is 2.68. The summed E-state index contributed by atoms with van der Waals surface area (Å²) in [6.07, 6.45) is 11.7. The van der Waals surface area contributed by atoms with Crippen molar-refractivity contribution < 1.29 is 4.79 Å². The van der Waals surface area contributed by atoms with Crippen LogP contribution in [-0.2, 0) is 4.79 Å². The quantitative estimate of drug-likeness (QED) is 0.824. The third kappa shape index (κ3) is 3.34. The van der Waals surface area contributed by atoms with Crippen LogP contribution in [0.15, 0.2) is 0 Å². The highest BCUT2D eigenvalue weighted by Crippen LogP contribution is 2.34. The Balaban J connectivity index is 1.41. The van der Waals surface area contributed by atoms with E-state index in [9.17, 15) is 4.79 Å². The van der Waals surface area contributed by atoms with Crippen molar-refractivity contribution in [3.8, 4) is 0 Å². The Morgan fingerprint density at radius 1 is 1.05 bits per heavy atom. The van der Waals surface area contributed by atoms with Gasteiger partial charge in [-0.3, -0.25) is 9.69 Å². The number of carbonyl (C=O) groups is 1. The summed E-state index contributed by atoms with van der Waals surface area (Å²) in [6.45, 7) is 0.931. The molecule has 114 valence electrons. The highest BCUT2D eigenvalue weighted by molar-refractivity contribution is 5.76. The number of fused-ring (bicyclic) bond motifs is 2. The van der Waals surface area contributed by atoms with Gasteiger partial charge >= 0.3 is 0 Å². The predicted molar refractivity (Wildman–Crippen MR) is 80.4 cm³/mol. The van der Waals surface area contributed by atoms with Crippen LogP contribution in [0.5, 0.6) is 0 Å². The van der Waals surface area contributed by atoms with Gasteiger partial charge < -0.3 is 11.1 Å². The molecule has 20 heavy (non-hydrogen) atoms. The molecule has 1 saturated carbocycles. The first-order chi connectivity index (χ1) is 9.72. The molecule has 0 aromatic rings. The first-order valence-electron chi connectivity index (χ1n) is 8.53. The first-order valence-corrected chi connectivity index (χ1v) is 8.53. The summed E-state index contributed by atoms with van der Waals surface area (Å²) in [6, 6.07) is 2.13. The van der Waals surface area contributed by atoms with Gasteiger partial charge in [0, 0.05) is 37.1 Å². The molecule has 0 aromatic heterocycles. The third-order valence-electron chi connectivity index (χ3n) is 5.49. The van der Waals surface area contributed by atoms with Gasteiger partial charge in [0.25, 0.3) is 0 Å². The average molecular weight is 279 g/mol. The molecule has 3 aliphatic rings. The number of rotatable bonds is 4. The number of nitrogens with two attached hydrogens (primary N) is 1. The second kappa shape index (κ2) is 6.44. The molecule has 2 saturated heterocycles. The van der Waals surface area contributed by atoms with E-state index in [-0.39, 0.29) is 5.91 Å². The minimum absolute atomic E-state index is 0.256. The molecule has 2 aliphatic heterocycles. The van der Waals surface area contributed by atoms with Gasteiger partial charge in [-0.25, -0.2) is 0 Å². The van der Waals surface area contributed by atoms with E-state index in [2.05, 4.69) is 10.2 Å². The van der Waals surface area contributed by atoms with Gasteiger partial charge in [-0.15, -0.1) is 0 Å². The second-order valence-corrected chi connectivity index (χ2v) is 7.01. The molecule has 0 spiro atoms. The lowest BCUT2D eigenvalue weighted by Crippen LogP contribution is -2.48. The smallest absolute Gasteiger partial charge is 0.221 e. The molecule has 3 N–H and O–H groups in total. The maximum atomic E-state index is 12.1. The molecular formula is C16H29N3O. The molecule has 0 aromatic carbocycles. The zero-order chi connectivity index (χ0) is 13.9. The van der Waals surface area contributed by atoms with Gasteiger partial charge in [0.1, 0.15) is 0 Å². The summed E-state index contributed by atoms with van der Waals surface area (Å²) in [7, 11) is 0. The summed E-state index contributed by atoms with van der Waals surface area (Å²) >= 11 is 0. The molecule has 3 fully saturated rings. The first kappa shape index (κ1) is 14.3. The van der Waals surface area contributed by atoms with Crippen molar-refractivity contribution >= 4 is 5.91 Å². The van der Waals surface area contributed by atoms with E-state index in [0.29, 0.717) is 30.6 Å². The van der Waals surface area contributed by atoms with Crippen LogP contribution in [0.25, 0.3) is 0 Å². The Hall–Kier alpha value is -0.610.